The van der Waals surface area contributed by atoms with E-state index in [1.165, 1.54) is 65.7 Å². The zero-order valence-corrected chi connectivity index (χ0v) is 48.8. The molecule has 400 valence electrons. The minimum atomic E-state index is -0.438. The van der Waals surface area contributed by atoms with Gasteiger partial charge in [-0.05, 0) is 149 Å². The van der Waals surface area contributed by atoms with Gasteiger partial charge in [0.1, 0.15) is 11.2 Å². The highest BCUT2D eigenvalue weighted by Crippen LogP contribution is 2.68. The Hall–Kier alpha value is -8.60. The van der Waals surface area contributed by atoms with Crippen molar-refractivity contribution < 1.29 is 8.83 Å². The van der Waals surface area contributed by atoms with Crippen LogP contribution in [0.15, 0.2) is 215 Å². The van der Waals surface area contributed by atoms with Gasteiger partial charge < -0.3 is 18.6 Å². The molecule has 81 heavy (non-hydrogen) atoms. The predicted octanol–water partition coefficient (Wildman–Crippen LogP) is 22.8. The molecular formula is C77H70N2O2. The molecule has 2 heterocycles. The average Bonchev–Trinajstić information content (AvgIpc) is 1.84. The Morgan fingerprint density at radius 1 is 0.321 bits per heavy atom. The Morgan fingerprint density at radius 2 is 0.765 bits per heavy atom. The standard InChI is InChI=1S/C77H70N2O2/c1-73(2,3)62-35-21-31-56-58-33-23-37-65(71(58)80-69(56)62)78(49-25-15-13-16-26-49)51-40-39-47-44-61-64(45-48(47)43-51)77(75(7,8)9,76(10,11)12)68-55-42-41-52(46-60(55)53-29-19-20-30-54(53)67(61)68)79(50-27-17-14-18-28-50)66-38-24-34-59-57-32-22-36-63(74(4,5)6)70(57)81-72(59)66/h13-46H,1-12H3. The highest BCUT2D eigenvalue weighted by Gasteiger charge is 2.59. The largest absolute Gasteiger partial charge is 0.454 e. The van der Waals surface area contributed by atoms with E-state index in [9.17, 15) is 0 Å². The molecule has 0 unspecified atom stereocenters. The molecule has 1 aliphatic rings. The number of nitrogens with zero attached hydrogens (tertiary/aromatic N) is 2. The van der Waals surface area contributed by atoms with Crippen LogP contribution in [0.4, 0.5) is 34.1 Å². The van der Waals surface area contributed by atoms with E-state index < -0.39 is 5.41 Å². The van der Waals surface area contributed by atoms with Crippen LogP contribution in [0.25, 0.3) is 87.3 Å². The van der Waals surface area contributed by atoms with Crippen molar-refractivity contribution in [3.05, 3.63) is 229 Å². The first-order chi connectivity index (χ1) is 38.7. The summed E-state index contributed by atoms with van der Waals surface area (Å²) in [5, 5.41) is 12.0. The van der Waals surface area contributed by atoms with Gasteiger partial charge >= 0.3 is 0 Å². The van der Waals surface area contributed by atoms with Gasteiger partial charge in [-0.3, -0.25) is 0 Å². The molecule has 0 N–H and O–H groups in total. The van der Waals surface area contributed by atoms with E-state index in [1.807, 2.05) is 0 Å². The predicted molar refractivity (Wildman–Crippen MR) is 345 cm³/mol. The van der Waals surface area contributed by atoms with Crippen LogP contribution in [-0.4, -0.2) is 0 Å². The fourth-order valence-corrected chi connectivity index (χ4v) is 14.9. The van der Waals surface area contributed by atoms with E-state index in [1.54, 1.807) is 0 Å². The number of benzene rings is 11. The Labute approximate surface area is 476 Å². The number of hydrogen-bond acceptors (Lipinski definition) is 4. The zero-order valence-electron chi connectivity index (χ0n) is 48.8. The molecule has 0 atom stereocenters. The molecule has 4 nitrogen and oxygen atoms in total. The number of para-hydroxylation sites is 6. The summed E-state index contributed by atoms with van der Waals surface area (Å²) >= 11 is 0. The van der Waals surface area contributed by atoms with Crippen molar-refractivity contribution in [3.8, 4) is 11.1 Å². The maximum Gasteiger partial charge on any atom is 0.159 e. The lowest BCUT2D eigenvalue weighted by Crippen LogP contribution is -2.50. The van der Waals surface area contributed by atoms with Gasteiger partial charge in [0.25, 0.3) is 0 Å². The second-order valence-electron chi connectivity index (χ2n) is 26.9. The number of hydrogen-bond donors (Lipinski definition) is 0. The number of fused-ring (bicyclic) bond motifs is 15. The van der Waals surface area contributed by atoms with E-state index >= 15 is 0 Å². The Balaban J connectivity index is 0.999. The Bertz CT molecular complexity index is 4670. The summed E-state index contributed by atoms with van der Waals surface area (Å²) in [6.45, 7) is 28.4. The smallest absolute Gasteiger partial charge is 0.159 e. The number of rotatable bonds is 6. The summed E-state index contributed by atoms with van der Waals surface area (Å²) in [7, 11) is 0. The summed E-state index contributed by atoms with van der Waals surface area (Å²) in [6, 6.07) is 76.5. The highest BCUT2D eigenvalue weighted by atomic mass is 16.3. The van der Waals surface area contributed by atoms with Crippen molar-refractivity contribution in [3.63, 3.8) is 0 Å². The molecule has 0 saturated carbocycles. The first kappa shape index (κ1) is 50.6. The quantitative estimate of drug-likeness (QED) is 0.155. The highest BCUT2D eigenvalue weighted by molar-refractivity contribution is 6.21. The third kappa shape index (κ3) is 7.48. The van der Waals surface area contributed by atoms with Crippen LogP contribution in [0.2, 0.25) is 0 Å². The van der Waals surface area contributed by atoms with Gasteiger partial charge in [0.15, 0.2) is 11.2 Å². The molecule has 11 aromatic carbocycles. The fourth-order valence-electron chi connectivity index (χ4n) is 14.9. The normalized spacial score (nSPS) is 13.8. The first-order valence-corrected chi connectivity index (χ1v) is 28.9. The lowest BCUT2D eigenvalue weighted by molar-refractivity contribution is 0.0965. The molecule has 1 aliphatic carbocycles. The van der Waals surface area contributed by atoms with Crippen LogP contribution in [0.3, 0.4) is 0 Å². The van der Waals surface area contributed by atoms with Crippen LogP contribution in [-0.2, 0) is 16.2 Å². The van der Waals surface area contributed by atoms with Gasteiger partial charge in [-0.25, -0.2) is 0 Å². The van der Waals surface area contributed by atoms with Crippen LogP contribution >= 0.6 is 0 Å². The lowest BCUT2D eigenvalue weighted by atomic mass is 9.49. The minimum Gasteiger partial charge on any atom is -0.454 e. The molecule has 0 radical (unpaired) electrons. The van der Waals surface area contributed by atoms with Crippen molar-refractivity contribution in [2.24, 2.45) is 10.8 Å². The average molecular weight is 1060 g/mol. The summed E-state index contributed by atoms with van der Waals surface area (Å²) in [5.74, 6) is 0. The third-order valence-electron chi connectivity index (χ3n) is 17.9. The molecular weight excluding hydrogens is 985 g/mol. The van der Waals surface area contributed by atoms with Crippen LogP contribution in [0, 0.1) is 10.8 Å². The first-order valence-electron chi connectivity index (χ1n) is 28.9. The fraction of sp³-hybridized carbons (Fsp3) is 0.221. The molecule has 0 fully saturated rings. The van der Waals surface area contributed by atoms with E-state index in [-0.39, 0.29) is 21.7 Å². The molecule has 2 aromatic heterocycles. The molecule has 14 rings (SSSR count). The zero-order chi connectivity index (χ0) is 56.1. The molecule has 0 spiro atoms. The Morgan fingerprint density at radius 3 is 1.27 bits per heavy atom. The third-order valence-corrected chi connectivity index (χ3v) is 17.9. The topological polar surface area (TPSA) is 32.8 Å². The maximum atomic E-state index is 7.11. The minimum absolute atomic E-state index is 0.0882. The second kappa shape index (κ2) is 17.7. The van der Waals surface area contributed by atoms with Crippen molar-refractivity contribution in [2.75, 3.05) is 9.80 Å². The molecule has 0 aliphatic heterocycles. The second-order valence-corrected chi connectivity index (χ2v) is 26.9. The van der Waals surface area contributed by atoms with E-state index in [0.29, 0.717) is 0 Å². The molecule has 4 heteroatoms. The van der Waals surface area contributed by atoms with Crippen molar-refractivity contribution in [1.29, 1.82) is 0 Å². The van der Waals surface area contributed by atoms with Gasteiger partial charge in [-0.2, -0.15) is 0 Å². The van der Waals surface area contributed by atoms with Crippen molar-refractivity contribution >= 4 is 110 Å². The summed E-state index contributed by atoms with van der Waals surface area (Å²) < 4.78 is 14.2. The van der Waals surface area contributed by atoms with Gasteiger partial charge in [0, 0.05) is 60.8 Å². The van der Waals surface area contributed by atoms with Crippen molar-refractivity contribution in [1.82, 2.24) is 0 Å². The van der Waals surface area contributed by atoms with Gasteiger partial charge in [-0.1, -0.05) is 217 Å². The number of anilines is 6. The van der Waals surface area contributed by atoms with E-state index in [2.05, 4.69) is 299 Å². The van der Waals surface area contributed by atoms with E-state index in [4.69, 9.17) is 8.83 Å². The molecule has 13 aromatic rings. The number of furan rings is 2. The monoisotopic (exact) mass is 1050 g/mol. The summed E-state index contributed by atoms with van der Waals surface area (Å²) in [4.78, 5) is 4.79. The van der Waals surface area contributed by atoms with Crippen LogP contribution in [0.5, 0.6) is 0 Å². The summed E-state index contributed by atoms with van der Waals surface area (Å²) in [5.41, 5.74) is 16.7. The molecule has 0 bridgehead atoms. The Kier molecular flexibility index (Phi) is 11.1. The molecule has 0 saturated heterocycles. The van der Waals surface area contributed by atoms with Gasteiger partial charge in [-0.15, -0.1) is 0 Å². The van der Waals surface area contributed by atoms with Crippen LogP contribution < -0.4 is 9.80 Å². The lowest BCUT2D eigenvalue weighted by Gasteiger charge is -2.53. The van der Waals surface area contributed by atoms with Gasteiger partial charge in [0.2, 0.25) is 0 Å². The van der Waals surface area contributed by atoms with Crippen LogP contribution in [0.1, 0.15) is 105 Å². The molecule has 0 amide bonds. The maximum absolute atomic E-state index is 7.11. The van der Waals surface area contributed by atoms with E-state index in [0.717, 1.165) is 78.0 Å². The SMILES string of the molecule is CC(C)(C)c1cccc2c1oc1c(N(c3ccccc3)c3ccc4cc5c(cc4c3)C(C(C)(C)C)(C(C)(C)C)c3c-5c4ccccc4c4cc(N(c5ccccc5)c5cccc6c5oc5c(C(C)(C)C)cccc56)ccc34)cccc12. The van der Waals surface area contributed by atoms with Gasteiger partial charge in [0.05, 0.1) is 11.4 Å². The summed E-state index contributed by atoms with van der Waals surface area (Å²) in [6.07, 6.45) is 0. The van der Waals surface area contributed by atoms with Crippen molar-refractivity contribution in [2.45, 2.75) is 99.3 Å².